The Kier molecular flexibility index (Phi) is 3.21. The van der Waals surface area contributed by atoms with Crippen LogP contribution in [0.5, 0.6) is 0 Å². The van der Waals surface area contributed by atoms with Crippen molar-refractivity contribution in [2.75, 3.05) is 0 Å². The molecule has 7 heteroatoms. The molecule has 1 heterocycles. The Morgan fingerprint density at radius 1 is 1.29 bits per heavy atom. The largest absolute Gasteiger partial charge is 0.491 e. The van der Waals surface area contributed by atoms with E-state index in [1.54, 1.807) is 0 Å². The number of hydrogen-bond acceptors (Lipinski definition) is 3. The predicted octanol–water partition coefficient (Wildman–Crippen LogP) is -0.111. The fourth-order valence-electron chi connectivity index (χ4n) is 1.42. The average Bonchev–Trinajstić information content (AvgIpc) is 2.71. The van der Waals surface area contributed by atoms with E-state index in [9.17, 15) is 8.78 Å². The summed E-state index contributed by atoms with van der Waals surface area (Å²) in [5, 5.41) is 21.6. The summed E-state index contributed by atoms with van der Waals surface area (Å²) in [6, 6.07) is 3.27. The number of nitrogens with zero attached hydrogens (tertiary/aromatic N) is 2. The molecule has 0 spiro atoms. The van der Waals surface area contributed by atoms with Gasteiger partial charge in [-0.15, -0.1) is 0 Å². The highest BCUT2D eigenvalue weighted by atomic mass is 19.1. The Bertz CT molecular complexity index is 531. The smallest absolute Gasteiger partial charge is 0.423 e. The van der Waals surface area contributed by atoms with Gasteiger partial charge in [0.15, 0.2) is 0 Å². The lowest BCUT2D eigenvalue weighted by Crippen LogP contribution is -2.28. The SMILES string of the molecule is OB(O)c1cnn(Cc2ccc(F)cc2F)c1. The number of rotatable bonds is 3. The zero-order valence-corrected chi connectivity index (χ0v) is 8.72. The van der Waals surface area contributed by atoms with Crippen LogP contribution in [-0.2, 0) is 6.54 Å². The average molecular weight is 238 g/mol. The number of benzene rings is 1. The summed E-state index contributed by atoms with van der Waals surface area (Å²) < 4.78 is 27.3. The first kappa shape index (κ1) is 11.8. The van der Waals surface area contributed by atoms with Gasteiger partial charge in [0.05, 0.1) is 6.54 Å². The first-order chi connectivity index (χ1) is 8.06. The number of halogens is 2. The van der Waals surface area contributed by atoms with E-state index in [-0.39, 0.29) is 17.6 Å². The van der Waals surface area contributed by atoms with Gasteiger partial charge in [-0.2, -0.15) is 5.10 Å². The Morgan fingerprint density at radius 2 is 2.06 bits per heavy atom. The third kappa shape index (κ3) is 2.69. The molecule has 0 amide bonds. The summed E-state index contributed by atoms with van der Waals surface area (Å²) in [4.78, 5) is 0. The second-order valence-corrected chi connectivity index (χ2v) is 3.58. The molecule has 0 aliphatic rings. The van der Waals surface area contributed by atoms with Gasteiger partial charge in [-0.25, -0.2) is 8.78 Å². The fourth-order valence-corrected chi connectivity index (χ4v) is 1.42. The van der Waals surface area contributed by atoms with Crippen molar-refractivity contribution < 1.29 is 18.8 Å². The molecule has 0 atom stereocenters. The Labute approximate surface area is 96.3 Å². The van der Waals surface area contributed by atoms with Crippen LogP contribution in [0.3, 0.4) is 0 Å². The lowest BCUT2D eigenvalue weighted by Gasteiger charge is -2.03. The highest BCUT2D eigenvalue weighted by Gasteiger charge is 2.13. The maximum Gasteiger partial charge on any atom is 0.491 e. The highest BCUT2D eigenvalue weighted by molar-refractivity contribution is 6.58. The third-order valence-corrected chi connectivity index (χ3v) is 2.30. The summed E-state index contributed by atoms with van der Waals surface area (Å²) in [7, 11) is -1.61. The minimum absolute atomic E-state index is 0.0961. The molecule has 0 radical (unpaired) electrons. The van der Waals surface area contributed by atoms with Crippen molar-refractivity contribution in [3.8, 4) is 0 Å². The summed E-state index contributed by atoms with van der Waals surface area (Å²) >= 11 is 0. The first-order valence-corrected chi connectivity index (χ1v) is 4.88. The molecule has 2 rings (SSSR count). The molecule has 1 aromatic heterocycles. The van der Waals surface area contributed by atoms with Crippen molar-refractivity contribution in [1.82, 2.24) is 9.78 Å². The Hall–Kier alpha value is -1.73. The van der Waals surface area contributed by atoms with E-state index in [0.717, 1.165) is 12.1 Å². The van der Waals surface area contributed by atoms with Crippen LogP contribution in [0.15, 0.2) is 30.6 Å². The first-order valence-electron chi connectivity index (χ1n) is 4.88. The van der Waals surface area contributed by atoms with Gasteiger partial charge in [0, 0.05) is 29.5 Å². The van der Waals surface area contributed by atoms with Crippen LogP contribution in [0, 0.1) is 11.6 Å². The molecule has 4 nitrogen and oxygen atoms in total. The monoisotopic (exact) mass is 238 g/mol. The van der Waals surface area contributed by atoms with Gasteiger partial charge in [0.25, 0.3) is 0 Å². The predicted molar refractivity (Wildman–Crippen MR) is 57.5 cm³/mol. The van der Waals surface area contributed by atoms with Crippen LogP contribution in [0.1, 0.15) is 5.56 Å². The maximum atomic E-state index is 13.3. The van der Waals surface area contributed by atoms with Gasteiger partial charge >= 0.3 is 7.12 Å². The van der Waals surface area contributed by atoms with Gasteiger partial charge in [-0.1, -0.05) is 6.07 Å². The van der Waals surface area contributed by atoms with Crippen molar-refractivity contribution in [3.63, 3.8) is 0 Å². The fraction of sp³-hybridized carbons (Fsp3) is 0.100. The molecule has 17 heavy (non-hydrogen) atoms. The summed E-state index contributed by atoms with van der Waals surface area (Å²) in [6.45, 7) is 0.0961. The second-order valence-electron chi connectivity index (χ2n) is 3.58. The van der Waals surface area contributed by atoms with Crippen LogP contribution in [0.4, 0.5) is 8.78 Å². The molecular weight excluding hydrogens is 229 g/mol. The maximum absolute atomic E-state index is 13.3. The van der Waals surface area contributed by atoms with Crippen molar-refractivity contribution in [2.24, 2.45) is 0 Å². The topological polar surface area (TPSA) is 58.3 Å². The highest BCUT2D eigenvalue weighted by Crippen LogP contribution is 2.10. The van der Waals surface area contributed by atoms with Crippen molar-refractivity contribution in [1.29, 1.82) is 0 Å². The molecule has 0 saturated carbocycles. The van der Waals surface area contributed by atoms with E-state index in [2.05, 4.69) is 5.10 Å². The standard InChI is InChI=1S/C10H9BF2N2O2/c12-9-2-1-7(10(13)3-9)5-15-6-8(4-14-15)11(16)17/h1-4,6,16-17H,5H2. The molecule has 88 valence electrons. The van der Waals surface area contributed by atoms with Crippen LogP contribution < -0.4 is 5.46 Å². The van der Waals surface area contributed by atoms with E-state index in [4.69, 9.17) is 10.0 Å². The quantitative estimate of drug-likeness (QED) is 0.733. The molecule has 2 N–H and O–H groups in total. The molecule has 0 fully saturated rings. The third-order valence-electron chi connectivity index (χ3n) is 2.30. The Morgan fingerprint density at radius 3 is 2.65 bits per heavy atom. The van der Waals surface area contributed by atoms with Gasteiger partial charge < -0.3 is 10.0 Å². The number of aromatic nitrogens is 2. The van der Waals surface area contributed by atoms with Gasteiger partial charge in [-0.3, -0.25) is 4.68 Å². The van der Waals surface area contributed by atoms with Gasteiger partial charge in [-0.05, 0) is 6.07 Å². The minimum atomic E-state index is -1.61. The Balaban J connectivity index is 2.19. The van der Waals surface area contributed by atoms with E-state index in [1.165, 1.54) is 23.1 Å². The van der Waals surface area contributed by atoms with E-state index in [0.29, 0.717) is 0 Å². The lowest BCUT2D eigenvalue weighted by atomic mass is 9.83. The molecule has 0 bridgehead atoms. The molecular formula is C10H9BF2N2O2. The normalized spacial score (nSPS) is 10.6. The van der Waals surface area contributed by atoms with Crippen molar-refractivity contribution >= 4 is 12.6 Å². The van der Waals surface area contributed by atoms with Crippen LogP contribution in [0.25, 0.3) is 0 Å². The molecule has 0 unspecified atom stereocenters. The van der Waals surface area contributed by atoms with Crippen LogP contribution in [0.2, 0.25) is 0 Å². The summed E-state index contributed by atoms with van der Waals surface area (Å²) in [5.74, 6) is -1.30. The molecule has 0 aliphatic carbocycles. The molecule has 0 saturated heterocycles. The molecule has 1 aromatic carbocycles. The van der Waals surface area contributed by atoms with E-state index in [1.807, 2.05) is 0 Å². The van der Waals surface area contributed by atoms with Crippen molar-refractivity contribution in [3.05, 3.63) is 47.8 Å². The summed E-state index contributed by atoms with van der Waals surface area (Å²) in [6.07, 6.45) is 2.65. The van der Waals surface area contributed by atoms with Crippen LogP contribution >= 0.6 is 0 Å². The number of hydrogen-bond donors (Lipinski definition) is 2. The zero-order valence-electron chi connectivity index (χ0n) is 8.72. The molecule has 2 aromatic rings. The van der Waals surface area contributed by atoms with E-state index >= 15 is 0 Å². The van der Waals surface area contributed by atoms with Gasteiger partial charge in [0.1, 0.15) is 11.6 Å². The second kappa shape index (κ2) is 4.64. The van der Waals surface area contributed by atoms with Crippen molar-refractivity contribution in [2.45, 2.75) is 6.54 Å². The van der Waals surface area contributed by atoms with Gasteiger partial charge in [0.2, 0.25) is 0 Å². The minimum Gasteiger partial charge on any atom is -0.423 e. The summed E-state index contributed by atoms with van der Waals surface area (Å²) in [5.41, 5.74) is 0.487. The lowest BCUT2D eigenvalue weighted by molar-refractivity contribution is 0.425. The van der Waals surface area contributed by atoms with E-state index < -0.39 is 18.8 Å². The van der Waals surface area contributed by atoms with Crippen LogP contribution in [-0.4, -0.2) is 26.9 Å². The molecule has 0 aliphatic heterocycles. The zero-order chi connectivity index (χ0) is 12.4.